The van der Waals surface area contributed by atoms with Gasteiger partial charge in [0.25, 0.3) is 0 Å². The van der Waals surface area contributed by atoms with Crippen LogP contribution in [0, 0.1) is 5.92 Å². The predicted octanol–water partition coefficient (Wildman–Crippen LogP) is 4.09. The molecule has 0 aromatic heterocycles. The number of benzene rings is 1. The molecule has 3 heteroatoms. The third kappa shape index (κ3) is 3.90. The van der Waals surface area contributed by atoms with Gasteiger partial charge in [-0.15, -0.1) is 0 Å². The lowest BCUT2D eigenvalue weighted by atomic mass is 10.0. The Balaban J connectivity index is 1.68. The molecule has 0 aliphatic heterocycles. The third-order valence-corrected chi connectivity index (χ3v) is 4.97. The zero-order chi connectivity index (χ0) is 12.1. The molecule has 2 rings (SSSR count). The molecule has 0 amide bonds. The molecule has 0 saturated heterocycles. The lowest BCUT2D eigenvalue weighted by molar-refractivity contribution is 0.470. The molecule has 1 fully saturated rings. The normalized spacial score (nSPS) is 24.1. The van der Waals surface area contributed by atoms with Crippen molar-refractivity contribution in [1.29, 1.82) is 0 Å². The molecule has 1 aliphatic carbocycles. The lowest BCUT2D eigenvalue weighted by Crippen LogP contribution is -2.24. The molecule has 0 bridgehead atoms. The van der Waals surface area contributed by atoms with Gasteiger partial charge in [0.2, 0.25) is 0 Å². The summed E-state index contributed by atoms with van der Waals surface area (Å²) in [6.45, 7) is 0. The summed E-state index contributed by atoms with van der Waals surface area (Å²) in [5.41, 5.74) is 7.31. The quantitative estimate of drug-likeness (QED) is 0.815. The van der Waals surface area contributed by atoms with Gasteiger partial charge in [-0.05, 0) is 42.6 Å². The molecule has 0 spiro atoms. The van der Waals surface area contributed by atoms with Crippen LogP contribution in [-0.2, 0) is 5.75 Å². The second kappa shape index (κ2) is 6.67. The van der Waals surface area contributed by atoms with Crippen molar-refractivity contribution in [3.8, 4) is 0 Å². The van der Waals surface area contributed by atoms with Crippen molar-refractivity contribution in [2.45, 2.75) is 37.5 Å². The highest BCUT2D eigenvalue weighted by atomic mass is 35.5. The van der Waals surface area contributed by atoms with Crippen LogP contribution < -0.4 is 5.73 Å². The van der Waals surface area contributed by atoms with Crippen LogP contribution in [0.3, 0.4) is 0 Å². The van der Waals surface area contributed by atoms with E-state index in [9.17, 15) is 0 Å². The summed E-state index contributed by atoms with van der Waals surface area (Å²) < 4.78 is 0. The molecule has 1 aromatic rings. The van der Waals surface area contributed by atoms with Gasteiger partial charge in [0, 0.05) is 16.8 Å². The highest BCUT2D eigenvalue weighted by Gasteiger charge is 2.22. The fourth-order valence-corrected chi connectivity index (χ4v) is 3.82. The zero-order valence-corrected chi connectivity index (χ0v) is 11.6. The summed E-state index contributed by atoms with van der Waals surface area (Å²) in [5.74, 6) is 2.97. The van der Waals surface area contributed by atoms with E-state index in [1.54, 1.807) is 0 Å². The SMILES string of the molecule is NC1CCCC1CCSCc1ccccc1Cl. The average Bonchev–Trinajstić information content (AvgIpc) is 2.73. The number of hydrogen-bond donors (Lipinski definition) is 1. The molecule has 1 aliphatic rings. The van der Waals surface area contributed by atoms with E-state index in [-0.39, 0.29) is 0 Å². The van der Waals surface area contributed by atoms with Crippen molar-refractivity contribution in [3.05, 3.63) is 34.9 Å². The van der Waals surface area contributed by atoms with Crippen molar-refractivity contribution >= 4 is 23.4 Å². The maximum atomic E-state index is 6.12. The van der Waals surface area contributed by atoms with E-state index in [0.29, 0.717) is 6.04 Å². The minimum Gasteiger partial charge on any atom is -0.327 e. The highest BCUT2D eigenvalue weighted by molar-refractivity contribution is 7.98. The number of hydrogen-bond acceptors (Lipinski definition) is 2. The van der Waals surface area contributed by atoms with Gasteiger partial charge >= 0.3 is 0 Å². The summed E-state index contributed by atoms with van der Waals surface area (Å²) in [5, 5.41) is 0.887. The summed E-state index contributed by atoms with van der Waals surface area (Å²) in [6, 6.07) is 8.56. The summed E-state index contributed by atoms with van der Waals surface area (Å²) in [4.78, 5) is 0. The maximum Gasteiger partial charge on any atom is 0.0446 e. The van der Waals surface area contributed by atoms with Crippen LogP contribution in [0.15, 0.2) is 24.3 Å². The summed E-state index contributed by atoms with van der Waals surface area (Å²) in [6.07, 6.45) is 5.13. The minimum atomic E-state index is 0.455. The molecule has 0 radical (unpaired) electrons. The Hall–Kier alpha value is -0.180. The van der Waals surface area contributed by atoms with Crippen LogP contribution in [0.2, 0.25) is 5.02 Å². The molecule has 1 saturated carbocycles. The van der Waals surface area contributed by atoms with E-state index in [0.717, 1.165) is 16.7 Å². The first-order valence-electron chi connectivity index (χ1n) is 6.34. The second-order valence-electron chi connectivity index (χ2n) is 4.79. The topological polar surface area (TPSA) is 26.0 Å². The van der Waals surface area contributed by atoms with E-state index in [2.05, 4.69) is 12.1 Å². The monoisotopic (exact) mass is 269 g/mol. The minimum absolute atomic E-state index is 0.455. The fraction of sp³-hybridized carbons (Fsp3) is 0.571. The number of nitrogens with two attached hydrogens (primary N) is 1. The van der Waals surface area contributed by atoms with E-state index in [1.165, 1.54) is 37.0 Å². The standard InChI is InChI=1S/C14H20ClNS/c15-13-6-2-1-4-12(13)10-17-9-8-11-5-3-7-14(11)16/h1-2,4,6,11,14H,3,5,7-10,16H2. The van der Waals surface area contributed by atoms with Crippen molar-refractivity contribution in [2.24, 2.45) is 11.7 Å². The second-order valence-corrected chi connectivity index (χ2v) is 6.30. The highest BCUT2D eigenvalue weighted by Crippen LogP contribution is 2.29. The van der Waals surface area contributed by atoms with E-state index in [1.807, 2.05) is 23.9 Å². The largest absolute Gasteiger partial charge is 0.327 e. The van der Waals surface area contributed by atoms with Crippen molar-refractivity contribution in [3.63, 3.8) is 0 Å². The maximum absolute atomic E-state index is 6.12. The van der Waals surface area contributed by atoms with Gasteiger partial charge < -0.3 is 5.73 Å². The number of thioether (sulfide) groups is 1. The Bertz CT molecular complexity index is 356. The van der Waals surface area contributed by atoms with Gasteiger partial charge in [0.1, 0.15) is 0 Å². The molecular formula is C14H20ClNS. The van der Waals surface area contributed by atoms with Crippen molar-refractivity contribution < 1.29 is 0 Å². The molecule has 1 nitrogen and oxygen atoms in total. The lowest BCUT2D eigenvalue weighted by Gasteiger charge is -2.14. The molecule has 1 aromatic carbocycles. The van der Waals surface area contributed by atoms with Crippen LogP contribution in [0.25, 0.3) is 0 Å². The molecule has 0 heterocycles. The third-order valence-electron chi connectivity index (χ3n) is 3.57. The van der Waals surface area contributed by atoms with E-state index in [4.69, 9.17) is 17.3 Å². The molecular weight excluding hydrogens is 250 g/mol. The first kappa shape index (κ1) is 13.3. The summed E-state index contributed by atoms with van der Waals surface area (Å²) in [7, 11) is 0. The smallest absolute Gasteiger partial charge is 0.0446 e. The van der Waals surface area contributed by atoms with Gasteiger partial charge in [0.15, 0.2) is 0 Å². The van der Waals surface area contributed by atoms with Crippen LogP contribution in [0.5, 0.6) is 0 Å². The van der Waals surface area contributed by atoms with Gasteiger partial charge in [-0.1, -0.05) is 36.2 Å². The first-order chi connectivity index (χ1) is 8.27. The average molecular weight is 270 g/mol. The molecule has 2 unspecified atom stereocenters. The van der Waals surface area contributed by atoms with Crippen LogP contribution >= 0.6 is 23.4 Å². The fourth-order valence-electron chi connectivity index (χ4n) is 2.46. The predicted molar refractivity (Wildman–Crippen MR) is 77.5 cm³/mol. The Morgan fingerprint density at radius 3 is 2.82 bits per heavy atom. The number of rotatable bonds is 5. The zero-order valence-electron chi connectivity index (χ0n) is 10.1. The Morgan fingerprint density at radius 2 is 2.12 bits per heavy atom. The molecule has 17 heavy (non-hydrogen) atoms. The van der Waals surface area contributed by atoms with Gasteiger partial charge in [-0.25, -0.2) is 0 Å². The van der Waals surface area contributed by atoms with E-state index >= 15 is 0 Å². The Kier molecular flexibility index (Phi) is 5.20. The van der Waals surface area contributed by atoms with Crippen LogP contribution in [-0.4, -0.2) is 11.8 Å². The van der Waals surface area contributed by atoms with Gasteiger partial charge in [-0.2, -0.15) is 11.8 Å². The van der Waals surface area contributed by atoms with Gasteiger partial charge in [0.05, 0.1) is 0 Å². The Labute approximate surface area is 113 Å². The summed E-state index contributed by atoms with van der Waals surface area (Å²) >= 11 is 8.09. The first-order valence-corrected chi connectivity index (χ1v) is 7.87. The number of halogens is 1. The molecule has 2 N–H and O–H groups in total. The van der Waals surface area contributed by atoms with Crippen LogP contribution in [0.4, 0.5) is 0 Å². The molecule has 2 atom stereocenters. The molecule has 94 valence electrons. The van der Waals surface area contributed by atoms with E-state index < -0.39 is 0 Å². The van der Waals surface area contributed by atoms with Crippen LogP contribution in [0.1, 0.15) is 31.2 Å². The van der Waals surface area contributed by atoms with Gasteiger partial charge in [-0.3, -0.25) is 0 Å². The Morgan fingerprint density at radius 1 is 1.29 bits per heavy atom. The van der Waals surface area contributed by atoms with Crippen molar-refractivity contribution in [2.75, 3.05) is 5.75 Å². The van der Waals surface area contributed by atoms with Crippen molar-refractivity contribution in [1.82, 2.24) is 0 Å².